The molecule has 0 radical (unpaired) electrons. The predicted octanol–water partition coefficient (Wildman–Crippen LogP) is 3.05. The van der Waals surface area contributed by atoms with Gasteiger partial charge in [-0.1, -0.05) is 13.0 Å². The summed E-state index contributed by atoms with van der Waals surface area (Å²) in [6, 6.07) is 6.16. The summed E-state index contributed by atoms with van der Waals surface area (Å²) in [7, 11) is 1.69. The van der Waals surface area contributed by atoms with E-state index in [4.69, 9.17) is 9.47 Å². The Hall–Kier alpha value is -1.18. The molecule has 0 unspecified atom stereocenters. The molecule has 2 heteroatoms. The second-order valence-corrected chi connectivity index (χ2v) is 4.09. The minimum atomic E-state index is 0.778. The van der Waals surface area contributed by atoms with E-state index in [-0.39, 0.29) is 0 Å². The lowest BCUT2D eigenvalue weighted by Crippen LogP contribution is -2.01. The molecule has 82 valence electrons. The maximum absolute atomic E-state index is 5.77. The first kappa shape index (κ1) is 10.3. The number of benzene rings is 1. The molecule has 0 aliphatic heterocycles. The molecule has 0 amide bonds. The molecule has 1 saturated carbocycles. The fourth-order valence-corrected chi connectivity index (χ4v) is 1.55. The third-order valence-corrected chi connectivity index (χ3v) is 2.81. The zero-order chi connectivity index (χ0) is 10.7. The molecular formula is C13H18O2. The van der Waals surface area contributed by atoms with Gasteiger partial charge in [-0.2, -0.15) is 0 Å². The maximum atomic E-state index is 5.77. The SMILES string of the molecule is CCc1ccc(OC)c(OCC2CC2)c1. The van der Waals surface area contributed by atoms with Crippen LogP contribution in [0.1, 0.15) is 25.3 Å². The summed E-state index contributed by atoms with van der Waals surface area (Å²) in [4.78, 5) is 0. The maximum Gasteiger partial charge on any atom is 0.161 e. The van der Waals surface area contributed by atoms with Crippen molar-refractivity contribution < 1.29 is 9.47 Å². The van der Waals surface area contributed by atoms with Crippen molar-refractivity contribution in [2.45, 2.75) is 26.2 Å². The highest BCUT2D eigenvalue weighted by molar-refractivity contribution is 5.42. The van der Waals surface area contributed by atoms with Gasteiger partial charge >= 0.3 is 0 Å². The van der Waals surface area contributed by atoms with Crippen molar-refractivity contribution >= 4 is 0 Å². The van der Waals surface area contributed by atoms with Crippen molar-refractivity contribution in [1.29, 1.82) is 0 Å². The molecule has 0 aromatic heterocycles. The van der Waals surface area contributed by atoms with Crippen molar-refractivity contribution in [1.82, 2.24) is 0 Å². The Labute approximate surface area is 91.2 Å². The molecule has 0 heterocycles. The lowest BCUT2D eigenvalue weighted by atomic mass is 10.1. The number of methoxy groups -OCH3 is 1. The second kappa shape index (κ2) is 4.56. The van der Waals surface area contributed by atoms with E-state index in [9.17, 15) is 0 Å². The average Bonchev–Trinajstić information content (AvgIpc) is 3.09. The third kappa shape index (κ3) is 2.65. The van der Waals surface area contributed by atoms with Gasteiger partial charge in [0, 0.05) is 0 Å². The van der Waals surface area contributed by atoms with Gasteiger partial charge in [0.15, 0.2) is 11.5 Å². The molecule has 0 atom stereocenters. The van der Waals surface area contributed by atoms with E-state index in [0.29, 0.717) is 0 Å². The Kier molecular flexibility index (Phi) is 3.14. The molecule has 0 N–H and O–H groups in total. The monoisotopic (exact) mass is 206 g/mol. The van der Waals surface area contributed by atoms with E-state index >= 15 is 0 Å². The molecule has 0 spiro atoms. The van der Waals surface area contributed by atoms with E-state index in [1.807, 2.05) is 6.07 Å². The van der Waals surface area contributed by atoms with Crippen LogP contribution >= 0.6 is 0 Å². The van der Waals surface area contributed by atoms with E-state index in [1.54, 1.807) is 7.11 Å². The molecule has 1 aliphatic rings. The van der Waals surface area contributed by atoms with Crippen LogP contribution in [0.5, 0.6) is 11.5 Å². The van der Waals surface area contributed by atoms with Crippen molar-refractivity contribution in [3.05, 3.63) is 23.8 Å². The van der Waals surface area contributed by atoms with Gasteiger partial charge in [0.2, 0.25) is 0 Å². The Balaban J connectivity index is 2.08. The minimum Gasteiger partial charge on any atom is -0.493 e. The number of aryl methyl sites for hydroxylation is 1. The van der Waals surface area contributed by atoms with Crippen LogP contribution in [0.3, 0.4) is 0 Å². The van der Waals surface area contributed by atoms with Crippen LogP contribution in [-0.2, 0) is 6.42 Å². The Bertz CT molecular complexity index is 329. The first-order chi connectivity index (χ1) is 7.33. The van der Waals surface area contributed by atoms with Gasteiger partial charge in [0.05, 0.1) is 13.7 Å². The van der Waals surface area contributed by atoms with Crippen LogP contribution in [0.25, 0.3) is 0 Å². The Morgan fingerprint density at radius 3 is 2.67 bits per heavy atom. The largest absolute Gasteiger partial charge is 0.493 e. The van der Waals surface area contributed by atoms with Crippen LogP contribution in [0.4, 0.5) is 0 Å². The molecule has 0 saturated heterocycles. The van der Waals surface area contributed by atoms with Gasteiger partial charge in [-0.25, -0.2) is 0 Å². The van der Waals surface area contributed by atoms with Gasteiger partial charge < -0.3 is 9.47 Å². The number of ether oxygens (including phenoxy) is 2. The molecule has 0 bridgehead atoms. The molecule has 2 nitrogen and oxygen atoms in total. The van der Waals surface area contributed by atoms with Crippen molar-refractivity contribution in [2.24, 2.45) is 5.92 Å². The Morgan fingerprint density at radius 2 is 2.07 bits per heavy atom. The molecule has 1 aliphatic carbocycles. The predicted molar refractivity (Wildman–Crippen MR) is 60.6 cm³/mol. The quantitative estimate of drug-likeness (QED) is 0.737. The molecule has 1 aromatic rings. The zero-order valence-corrected chi connectivity index (χ0v) is 9.45. The van der Waals surface area contributed by atoms with Gasteiger partial charge in [-0.05, 0) is 42.9 Å². The van der Waals surface area contributed by atoms with Crippen molar-refractivity contribution in [2.75, 3.05) is 13.7 Å². The Morgan fingerprint density at radius 1 is 1.27 bits per heavy atom. The molecule has 1 aromatic carbocycles. The first-order valence-corrected chi connectivity index (χ1v) is 5.63. The van der Waals surface area contributed by atoms with Crippen LogP contribution < -0.4 is 9.47 Å². The summed E-state index contributed by atoms with van der Waals surface area (Å²) in [6.45, 7) is 2.98. The van der Waals surface area contributed by atoms with Gasteiger partial charge in [0.1, 0.15) is 0 Å². The highest BCUT2D eigenvalue weighted by atomic mass is 16.5. The van der Waals surface area contributed by atoms with Crippen LogP contribution in [0.2, 0.25) is 0 Å². The number of hydrogen-bond donors (Lipinski definition) is 0. The summed E-state index contributed by atoms with van der Waals surface area (Å²) < 4.78 is 11.0. The normalized spacial score (nSPS) is 15.1. The molecule has 2 rings (SSSR count). The van der Waals surface area contributed by atoms with E-state index in [2.05, 4.69) is 19.1 Å². The number of rotatable bonds is 5. The van der Waals surface area contributed by atoms with E-state index < -0.39 is 0 Å². The summed E-state index contributed by atoms with van der Waals surface area (Å²) in [5, 5.41) is 0. The lowest BCUT2D eigenvalue weighted by Gasteiger charge is -2.11. The second-order valence-electron chi connectivity index (χ2n) is 4.09. The molecule has 15 heavy (non-hydrogen) atoms. The minimum absolute atomic E-state index is 0.778. The van der Waals surface area contributed by atoms with E-state index in [0.717, 1.165) is 30.4 Å². The number of hydrogen-bond acceptors (Lipinski definition) is 2. The highest BCUT2D eigenvalue weighted by Crippen LogP contribution is 2.33. The topological polar surface area (TPSA) is 18.5 Å². The lowest BCUT2D eigenvalue weighted by molar-refractivity contribution is 0.280. The fourth-order valence-electron chi connectivity index (χ4n) is 1.55. The van der Waals surface area contributed by atoms with Crippen molar-refractivity contribution in [3.63, 3.8) is 0 Å². The van der Waals surface area contributed by atoms with E-state index in [1.165, 1.54) is 18.4 Å². The van der Waals surface area contributed by atoms with Gasteiger partial charge in [-0.3, -0.25) is 0 Å². The standard InChI is InChI=1S/C13H18O2/c1-3-10-6-7-12(14-2)13(8-10)15-9-11-4-5-11/h6-8,11H,3-5,9H2,1-2H3. The summed E-state index contributed by atoms with van der Waals surface area (Å²) >= 11 is 0. The summed E-state index contributed by atoms with van der Waals surface area (Å²) in [5.74, 6) is 2.51. The van der Waals surface area contributed by atoms with Crippen LogP contribution in [-0.4, -0.2) is 13.7 Å². The smallest absolute Gasteiger partial charge is 0.161 e. The molecule has 1 fully saturated rings. The van der Waals surface area contributed by atoms with Gasteiger partial charge in [-0.15, -0.1) is 0 Å². The van der Waals surface area contributed by atoms with Crippen molar-refractivity contribution in [3.8, 4) is 11.5 Å². The fraction of sp³-hybridized carbons (Fsp3) is 0.538. The van der Waals surface area contributed by atoms with Crippen LogP contribution in [0, 0.1) is 5.92 Å². The third-order valence-electron chi connectivity index (χ3n) is 2.81. The summed E-state index contributed by atoms with van der Waals surface area (Å²) in [6.07, 6.45) is 3.66. The highest BCUT2D eigenvalue weighted by Gasteiger charge is 2.22. The van der Waals surface area contributed by atoms with Crippen LogP contribution in [0.15, 0.2) is 18.2 Å². The first-order valence-electron chi connectivity index (χ1n) is 5.63. The zero-order valence-electron chi connectivity index (χ0n) is 9.45. The summed E-state index contributed by atoms with van der Waals surface area (Å²) in [5.41, 5.74) is 1.29. The van der Waals surface area contributed by atoms with Gasteiger partial charge in [0.25, 0.3) is 0 Å². The average molecular weight is 206 g/mol. The molecular weight excluding hydrogens is 188 g/mol.